The number of nitrogens with zero attached hydrogens (tertiary/aromatic N) is 3. The summed E-state index contributed by atoms with van der Waals surface area (Å²) in [4.78, 5) is 18.2. The first-order chi connectivity index (χ1) is 10.8. The topological polar surface area (TPSA) is 58.9 Å². The highest BCUT2D eigenvalue weighted by molar-refractivity contribution is 6.30. The summed E-state index contributed by atoms with van der Waals surface area (Å²) in [5, 5.41) is 3.77. The highest BCUT2D eigenvalue weighted by Gasteiger charge is 2.16. The van der Waals surface area contributed by atoms with Crippen LogP contribution in [0.25, 0.3) is 5.65 Å². The van der Waals surface area contributed by atoms with Crippen molar-refractivity contribution in [2.75, 3.05) is 32.8 Å². The average molecular weight is 359 g/mol. The van der Waals surface area contributed by atoms with Gasteiger partial charge in [0.1, 0.15) is 5.65 Å². The van der Waals surface area contributed by atoms with Gasteiger partial charge < -0.3 is 19.4 Å². The van der Waals surface area contributed by atoms with Gasteiger partial charge >= 0.3 is 0 Å². The van der Waals surface area contributed by atoms with Crippen LogP contribution in [0.1, 0.15) is 12.1 Å². The number of nitrogens with one attached hydrogen (secondary N) is 1. The highest BCUT2D eigenvalue weighted by Crippen LogP contribution is 2.17. The van der Waals surface area contributed by atoms with Gasteiger partial charge in [0.25, 0.3) is 0 Å². The Morgan fingerprint density at radius 2 is 2.13 bits per heavy atom. The van der Waals surface area contributed by atoms with E-state index in [1.807, 2.05) is 33.7 Å². The molecule has 0 saturated carbocycles. The number of fused-ring (bicyclic) bond motifs is 1. The van der Waals surface area contributed by atoms with Gasteiger partial charge in [-0.1, -0.05) is 17.7 Å². The van der Waals surface area contributed by atoms with Gasteiger partial charge in [0.15, 0.2) is 5.15 Å². The molecule has 0 spiro atoms. The standard InChI is InChI=1S/C15H19ClN4O2.ClH/c16-15-12(20-6-2-1-3-13(20)18-15)11-17-5-4-14(21)19-7-9-22-10-8-19;/h1-3,6,17H,4-5,7-11H2;1H. The Kier molecular flexibility index (Phi) is 6.65. The summed E-state index contributed by atoms with van der Waals surface area (Å²) in [6.45, 7) is 3.86. The van der Waals surface area contributed by atoms with E-state index in [1.165, 1.54) is 0 Å². The van der Waals surface area contributed by atoms with E-state index < -0.39 is 0 Å². The molecule has 0 atom stereocenters. The number of morpholine rings is 1. The first-order valence-corrected chi connectivity index (χ1v) is 7.81. The van der Waals surface area contributed by atoms with Gasteiger partial charge in [-0.25, -0.2) is 4.98 Å². The molecule has 0 unspecified atom stereocenters. The molecule has 3 rings (SSSR count). The summed E-state index contributed by atoms with van der Waals surface area (Å²) in [6, 6.07) is 5.78. The third-order valence-electron chi connectivity index (χ3n) is 3.75. The molecule has 2 aromatic rings. The Bertz CT molecular complexity index is 656. The molecule has 0 radical (unpaired) electrons. The molecule has 1 amide bonds. The predicted molar refractivity (Wildman–Crippen MR) is 91.2 cm³/mol. The molecule has 6 nitrogen and oxygen atoms in total. The lowest BCUT2D eigenvalue weighted by Crippen LogP contribution is -2.41. The number of carbonyl (C=O) groups is 1. The molecule has 1 saturated heterocycles. The van der Waals surface area contributed by atoms with Gasteiger partial charge in [0.05, 0.1) is 18.9 Å². The van der Waals surface area contributed by atoms with Crippen molar-refractivity contribution in [1.29, 1.82) is 0 Å². The smallest absolute Gasteiger partial charge is 0.224 e. The molecule has 2 aromatic heterocycles. The lowest BCUT2D eigenvalue weighted by Gasteiger charge is -2.26. The van der Waals surface area contributed by atoms with Crippen LogP contribution in [0.4, 0.5) is 0 Å². The SMILES string of the molecule is Cl.O=C(CCNCc1c(Cl)nc2ccccn12)N1CCOCC1. The number of pyridine rings is 1. The number of ether oxygens (including phenoxy) is 1. The Balaban J connectivity index is 0.00000192. The minimum absolute atomic E-state index is 0. The Labute approximate surface area is 146 Å². The number of hydrogen-bond acceptors (Lipinski definition) is 4. The molecule has 0 aliphatic carbocycles. The van der Waals surface area contributed by atoms with Crippen LogP contribution in [-0.2, 0) is 16.1 Å². The molecule has 23 heavy (non-hydrogen) atoms. The second-order valence-corrected chi connectivity index (χ2v) is 5.56. The Hall–Kier alpha value is -1.34. The molecule has 126 valence electrons. The molecule has 1 aliphatic heterocycles. The van der Waals surface area contributed by atoms with E-state index in [2.05, 4.69) is 10.3 Å². The summed E-state index contributed by atoms with van der Waals surface area (Å²) in [5.74, 6) is 0.167. The number of hydrogen-bond donors (Lipinski definition) is 1. The Morgan fingerprint density at radius 1 is 1.35 bits per heavy atom. The molecular weight excluding hydrogens is 339 g/mol. The van der Waals surface area contributed by atoms with E-state index in [-0.39, 0.29) is 18.3 Å². The van der Waals surface area contributed by atoms with Crippen molar-refractivity contribution < 1.29 is 9.53 Å². The molecule has 1 aliphatic rings. The van der Waals surface area contributed by atoms with Gasteiger partial charge in [-0.3, -0.25) is 4.79 Å². The zero-order valence-electron chi connectivity index (χ0n) is 12.7. The number of amides is 1. The molecule has 1 N–H and O–H groups in total. The number of aromatic nitrogens is 2. The number of rotatable bonds is 5. The van der Waals surface area contributed by atoms with Gasteiger partial charge in [-0.2, -0.15) is 0 Å². The molecule has 0 aromatic carbocycles. The molecular formula is C15H20Cl2N4O2. The van der Waals surface area contributed by atoms with E-state index >= 15 is 0 Å². The van der Waals surface area contributed by atoms with Gasteiger partial charge in [-0.15, -0.1) is 12.4 Å². The maximum Gasteiger partial charge on any atom is 0.224 e. The highest BCUT2D eigenvalue weighted by atomic mass is 35.5. The molecule has 0 bridgehead atoms. The molecule has 3 heterocycles. The van der Waals surface area contributed by atoms with Crippen molar-refractivity contribution in [2.45, 2.75) is 13.0 Å². The van der Waals surface area contributed by atoms with Crippen LogP contribution in [0.15, 0.2) is 24.4 Å². The number of halogens is 2. The van der Waals surface area contributed by atoms with E-state index in [0.717, 1.165) is 11.3 Å². The quantitative estimate of drug-likeness (QED) is 0.827. The van der Waals surface area contributed by atoms with Gasteiger partial charge in [0, 0.05) is 38.8 Å². The summed E-state index contributed by atoms with van der Waals surface area (Å²) in [6.07, 6.45) is 2.42. The fourth-order valence-corrected chi connectivity index (χ4v) is 2.79. The van der Waals surface area contributed by atoms with Gasteiger partial charge in [0.2, 0.25) is 5.91 Å². The van der Waals surface area contributed by atoms with Crippen molar-refractivity contribution in [3.8, 4) is 0 Å². The molecule has 8 heteroatoms. The van der Waals surface area contributed by atoms with Crippen LogP contribution in [-0.4, -0.2) is 53.0 Å². The number of imidazole rings is 1. The van der Waals surface area contributed by atoms with Gasteiger partial charge in [-0.05, 0) is 12.1 Å². The first kappa shape index (κ1) is 18.0. The predicted octanol–water partition coefficient (Wildman–Crippen LogP) is 1.75. The van der Waals surface area contributed by atoms with Crippen LogP contribution >= 0.6 is 24.0 Å². The van der Waals surface area contributed by atoms with Crippen molar-refractivity contribution >= 4 is 35.6 Å². The maximum atomic E-state index is 12.0. The van der Waals surface area contributed by atoms with Crippen LogP contribution < -0.4 is 5.32 Å². The van der Waals surface area contributed by atoms with E-state index in [1.54, 1.807) is 0 Å². The maximum absolute atomic E-state index is 12.0. The molecule has 1 fully saturated rings. The Morgan fingerprint density at radius 3 is 2.91 bits per heavy atom. The number of carbonyl (C=O) groups excluding carboxylic acids is 1. The lowest BCUT2D eigenvalue weighted by atomic mass is 10.3. The first-order valence-electron chi connectivity index (χ1n) is 7.43. The summed E-state index contributed by atoms with van der Waals surface area (Å²) >= 11 is 6.17. The van der Waals surface area contributed by atoms with E-state index in [0.29, 0.717) is 51.0 Å². The fourth-order valence-electron chi connectivity index (χ4n) is 2.55. The van der Waals surface area contributed by atoms with Crippen molar-refractivity contribution in [3.05, 3.63) is 35.2 Å². The minimum Gasteiger partial charge on any atom is -0.378 e. The normalized spacial score (nSPS) is 14.7. The van der Waals surface area contributed by atoms with Crippen LogP contribution in [0.5, 0.6) is 0 Å². The summed E-state index contributed by atoms with van der Waals surface area (Å²) in [7, 11) is 0. The van der Waals surface area contributed by atoms with E-state index in [9.17, 15) is 4.79 Å². The van der Waals surface area contributed by atoms with Crippen molar-refractivity contribution in [2.24, 2.45) is 0 Å². The minimum atomic E-state index is 0. The zero-order valence-corrected chi connectivity index (χ0v) is 14.3. The van der Waals surface area contributed by atoms with Crippen LogP contribution in [0, 0.1) is 0 Å². The third-order valence-corrected chi connectivity index (χ3v) is 4.05. The summed E-state index contributed by atoms with van der Waals surface area (Å²) in [5.41, 5.74) is 1.74. The lowest BCUT2D eigenvalue weighted by molar-refractivity contribution is -0.135. The second kappa shape index (κ2) is 8.49. The average Bonchev–Trinajstić information content (AvgIpc) is 2.88. The van der Waals surface area contributed by atoms with E-state index in [4.69, 9.17) is 16.3 Å². The van der Waals surface area contributed by atoms with Crippen LogP contribution in [0.3, 0.4) is 0 Å². The second-order valence-electron chi connectivity index (χ2n) is 5.20. The third kappa shape index (κ3) is 4.35. The monoisotopic (exact) mass is 358 g/mol. The van der Waals surface area contributed by atoms with Crippen molar-refractivity contribution in [3.63, 3.8) is 0 Å². The van der Waals surface area contributed by atoms with Crippen LogP contribution in [0.2, 0.25) is 5.15 Å². The zero-order chi connectivity index (χ0) is 15.4. The fraction of sp³-hybridized carbons (Fsp3) is 0.467. The summed E-state index contributed by atoms with van der Waals surface area (Å²) < 4.78 is 7.20. The van der Waals surface area contributed by atoms with Crippen molar-refractivity contribution in [1.82, 2.24) is 19.6 Å². The largest absolute Gasteiger partial charge is 0.378 e.